The molecular formula is C44H58N4O6. The molecule has 0 aromatic heterocycles. The molecule has 2 aliphatic heterocycles. The fourth-order valence-corrected chi connectivity index (χ4v) is 9.19. The molecule has 0 unspecified atom stereocenters. The van der Waals surface area contributed by atoms with Crippen LogP contribution in [-0.2, 0) is 0 Å². The Labute approximate surface area is 319 Å². The van der Waals surface area contributed by atoms with Gasteiger partial charge in [0.1, 0.15) is 11.5 Å². The minimum absolute atomic E-state index is 0.166. The predicted molar refractivity (Wildman–Crippen MR) is 220 cm³/mol. The van der Waals surface area contributed by atoms with Gasteiger partial charge in [0.15, 0.2) is 23.0 Å². The van der Waals surface area contributed by atoms with Gasteiger partial charge >= 0.3 is 0 Å². The number of aliphatic imine (C=N–C) groups is 2. The molecule has 0 aliphatic carbocycles. The number of likely N-dealkylation sites (tertiary alicyclic amines) is 2. The molecule has 2 heterocycles. The molecule has 0 amide bonds. The van der Waals surface area contributed by atoms with Crippen LogP contribution >= 0.6 is 0 Å². The lowest BCUT2D eigenvalue weighted by Crippen LogP contribution is -2.31. The summed E-state index contributed by atoms with van der Waals surface area (Å²) in [6, 6.07) is 4.32. The monoisotopic (exact) mass is 738 g/mol. The lowest BCUT2D eigenvalue weighted by Gasteiger charge is -2.24. The molecule has 10 nitrogen and oxygen atoms in total. The quantitative estimate of drug-likeness (QED) is 0.0662. The number of likely N-dealkylation sites (N-methyl/N-ethyl adjacent to an activating group) is 2. The number of hydrogen-bond donors (Lipinski definition) is 6. The molecule has 0 spiro atoms. The van der Waals surface area contributed by atoms with Gasteiger partial charge in [-0.05, 0) is 99.4 Å². The van der Waals surface area contributed by atoms with Crippen molar-refractivity contribution in [3.63, 3.8) is 0 Å². The Hall–Kier alpha value is -4.54. The van der Waals surface area contributed by atoms with E-state index in [1.165, 1.54) is 0 Å². The van der Waals surface area contributed by atoms with Crippen LogP contribution in [0.2, 0.25) is 0 Å². The molecule has 0 radical (unpaired) electrons. The zero-order chi connectivity index (χ0) is 39.2. The van der Waals surface area contributed by atoms with Crippen LogP contribution < -0.4 is 0 Å². The molecule has 6 rings (SSSR count). The highest BCUT2D eigenvalue weighted by Gasteiger charge is 2.30. The van der Waals surface area contributed by atoms with E-state index in [9.17, 15) is 30.6 Å². The predicted octanol–water partition coefficient (Wildman–Crippen LogP) is 8.56. The topological polar surface area (TPSA) is 153 Å². The molecule has 2 atom stereocenters. The first kappa shape index (κ1) is 39.2. The summed E-state index contributed by atoms with van der Waals surface area (Å²) in [4.78, 5) is 14.3. The summed E-state index contributed by atoms with van der Waals surface area (Å²) in [5.74, 6) is -1.92. The average Bonchev–Trinajstić information content (AvgIpc) is 3.78. The summed E-state index contributed by atoms with van der Waals surface area (Å²) in [5, 5.41) is 72.3. The van der Waals surface area contributed by atoms with E-state index in [1.54, 1.807) is 12.4 Å². The first-order chi connectivity index (χ1) is 25.7. The number of phenols is 6. The zero-order valence-corrected chi connectivity index (χ0v) is 33.2. The van der Waals surface area contributed by atoms with E-state index in [4.69, 9.17) is 9.98 Å². The van der Waals surface area contributed by atoms with Crippen LogP contribution in [0.1, 0.15) is 112 Å². The lowest BCUT2D eigenvalue weighted by atomic mass is 9.83. The molecule has 0 bridgehead atoms. The van der Waals surface area contributed by atoms with Crippen LogP contribution in [0.5, 0.6) is 34.5 Å². The van der Waals surface area contributed by atoms with Gasteiger partial charge in [0.2, 0.25) is 0 Å². The molecule has 54 heavy (non-hydrogen) atoms. The van der Waals surface area contributed by atoms with Gasteiger partial charge in [-0.25, -0.2) is 0 Å². The molecular weight excluding hydrogens is 681 g/mol. The van der Waals surface area contributed by atoms with Crippen LogP contribution in [0.25, 0.3) is 32.7 Å². The third-order valence-corrected chi connectivity index (χ3v) is 11.9. The van der Waals surface area contributed by atoms with Crippen molar-refractivity contribution in [2.45, 2.75) is 105 Å². The molecule has 2 saturated heterocycles. The van der Waals surface area contributed by atoms with Gasteiger partial charge in [0, 0.05) is 68.7 Å². The van der Waals surface area contributed by atoms with Crippen LogP contribution in [0.4, 0.5) is 0 Å². The number of rotatable bonds is 11. The van der Waals surface area contributed by atoms with E-state index in [0.29, 0.717) is 68.0 Å². The van der Waals surface area contributed by atoms with Gasteiger partial charge in [-0.2, -0.15) is 0 Å². The number of aryl methyl sites for hydroxylation is 2. The third kappa shape index (κ3) is 6.72. The fourth-order valence-electron chi connectivity index (χ4n) is 9.19. The van der Waals surface area contributed by atoms with Crippen LogP contribution in [0.3, 0.4) is 0 Å². The summed E-state index contributed by atoms with van der Waals surface area (Å²) in [7, 11) is 0. The zero-order valence-electron chi connectivity index (χ0n) is 33.2. The second-order valence-electron chi connectivity index (χ2n) is 15.9. The van der Waals surface area contributed by atoms with E-state index >= 15 is 0 Å². The number of phenolic OH excluding ortho intramolecular Hbond substituents is 6. The van der Waals surface area contributed by atoms with Crippen molar-refractivity contribution < 1.29 is 30.6 Å². The average molecular weight is 739 g/mol. The van der Waals surface area contributed by atoms with Gasteiger partial charge in [-0.3, -0.25) is 19.8 Å². The van der Waals surface area contributed by atoms with Gasteiger partial charge in [-0.1, -0.05) is 53.7 Å². The van der Waals surface area contributed by atoms with Crippen molar-refractivity contribution in [2.75, 3.05) is 39.3 Å². The van der Waals surface area contributed by atoms with E-state index in [2.05, 4.69) is 23.6 Å². The summed E-state index contributed by atoms with van der Waals surface area (Å²) in [6.07, 6.45) is 7.36. The minimum atomic E-state index is -0.359. The number of nitrogens with zero attached hydrogens (tertiary/aromatic N) is 4. The first-order valence-corrected chi connectivity index (χ1v) is 19.7. The maximum atomic E-state index is 12.4. The van der Waals surface area contributed by atoms with Crippen LogP contribution in [-0.4, -0.2) is 104 Å². The highest BCUT2D eigenvalue weighted by molar-refractivity contribution is 6.15. The van der Waals surface area contributed by atoms with Crippen molar-refractivity contribution >= 4 is 34.0 Å². The maximum absolute atomic E-state index is 12.4. The second kappa shape index (κ2) is 15.7. The van der Waals surface area contributed by atoms with Gasteiger partial charge in [0.25, 0.3) is 0 Å². The van der Waals surface area contributed by atoms with Crippen LogP contribution in [0, 0.1) is 13.8 Å². The van der Waals surface area contributed by atoms with Crippen molar-refractivity contribution in [1.82, 2.24) is 9.80 Å². The highest BCUT2D eigenvalue weighted by atomic mass is 16.3. The normalized spacial score (nSPS) is 18.7. The molecule has 4 aromatic rings. The molecule has 2 aliphatic rings. The highest BCUT2D eigenvalue weighted by Crippen LogP contribution is 2.54. The number of fused-ring (bicyclic) bond motifs is 2. The molecule has 0 saturated carbocycles. The summed E-state index contributed by atoms with van der Waals surface area (Å²) in [6.45, 7) is 20.6. The summed E-state index contributed by atoms with van der Waals surface area (Å²) in [5.41, 5.74) is 3.40. The molecule has 6 N–H and O–H groups in total. The standard InChI is InChI=1S/C44H58N4O6/c1-9-47-15-11-13-27(47)19-45-21-31-37-29(33(23(3)4)43(53)39(31)49)17-25(7)35(41(37)51)36-26(8)18-30-34(24(5)6)44(54)40(50)32(38(30)42(36)52)22-46-20-28-14-12-16-48(28)10-2/h17-18,21-24,27-28,49-54H,9-16,19-20H2,1-8H3/t27-,28-/m0/s1. The van der Waals surface area contributed by atoms with E-state index < -0.39 is 0 Å². The molecule has 2 fully saturated rings. The minimum Gasteiger partial charge on any atom is -0.507 e. The first-order valence-electron chi connectivity index (χ1n) is 19.7. The number of hydrogen-bond acceptors (Lipinski definition) is 10. The Morgan fingerprint density at radius 3 is 1.31 bits per heavy atom. The van der Waals surface area contributed by atoms with Gasteiger partial charge < -0.3 is 30.6 Å². The number of benzene rings is 4. The Morgan fingerprint density at radius 2 is 0.981 bits per heavy atom. The lowest BCUT2D eigenvalue weighted by molar-refractivity contribution is 0.273. The Morgan fingerprint density at radius 1 is 0.611 bits per heavy atom. The van der Waals surface area contributed by atoms with Crippen molar-refractivity contribution in [3.05, 3.63) is 45.5 Å². The van der Waals surface area contributed by atoms with Crippen molar-refractivity contribution in [2.24, 2.45) is 9.98 Å². The van der Waals surface area contributed by atoms with Gasteiger partial charge in [0.05, 0.1) is 13.1 Å². The fraction of sp³-hybridized carbons (Fsp3) is 0.500. The van der Waals surface area contributed by atoms with Crippen molar-refractivity contribution in [3.8, 4) is 45.6 Å². The number of aromatic hydroxyl groups is 6. The van der Waals surface area contributed by atoms with Crippen LogP contribution in [0.15, 0.2) is 22.1 Å². The van der Waals surface area contributed by atoms with E-state index in [1.807, 2.05) is 53.7 Å². The molecule has 10 heteroatoms. The van der Waals surface area contributed by atoms with E-state index in [-0.39, 0.29) is 69.5 Å². The van der Waals surface area contributed by atoms with Gasteiger partial charge in [-0.15, -0.1) is 0 Å². The summed E-state index contributed by atoms with van der Waals surface area (Å²) >= 11 is 0. The molecule has 4 aromatic carbocycles. The third-order valence-electron chi connectivity index (χ3n) is 11.9. The Bertz CT molecular complexity index is 1990. The Balaban J connectivity index is 1.60. The summed E-state index contributed by atoms with van der Waals surface area (Å²) < 4.78 is 0. The smallest absolute Gasteiger partial charge is 0.167 e. The Kier molecular flexibility index (Phi) is 11.4. The molecule has 290 valence electrons. The second-order valence-corrected chi connectivity index (χ2v) is 15.9. The largest absolute Gasteiger partial charge is 0.507 e. The van der Waals surface area contributed by atoms with Crippen molar-refractivity contribution in [1.29, 1.82) is 0 Å². The maximum Gasteiger partial charge on any atom is 0.167 e. The SMILES string of the molecule is CCN1CCC[C@H]1CN=Cc1c(O)c(O)c(C(C)C)c2cc(C)c(-c3c(C)cc4c(C(C)C)c(O)c(O)c(C=NC[C@@H]5CCCN5CC)c4c3O)c(O)c12. The van der Waals surface area contributed by atoms with E-state index in [0.717, 1.165) is 51.9 Å².